The summed E-state index contributed by atoms with van der Waals surface area (Å²) >= 11 is 0. The molecule has 1 N–H and O–H groups in total. The van der Waals surface area contributed by atoms with Gasteiger partial charge in [0.25, 0.3) is 0 Å². The minimum absolute atomic E-state index is 0.0936. The fourth-order valence-corrected chi connectivity index (χ4v) is 3.38. The number of benzene rings is 1. The fourth-order valence-electron chi connectivity index (χ4n) is 2.45. The Morgan fingerprint density at radius 2 is 1.73 bits per heavy atom. The Kier molecular flexibility index (Phi) is 11.5. The van der Waals surface area contributed by atoms with Crippen molar-refractivity contribution in [2.45, 2.75) is 64.5 Å². The van der Waals surface area contributed by atoms with Crippen molar-refractivity contribution in [3.8, 4) is 0 Å². The predicted molar refractivity (Wildman–Crippen MR) is 133 cm³/mol. The van der Waals surface area contributed by atoms with E-state index in [0.29, 0.717) is 12.2 Å². The van der Waals surface area contributed by atoms with Crippen molar-refractivity contribution in [3.63, 3.8) is 0 Å². The zero-order valence-corrected chi connectivity index (χ0v) is 21.8. The third-order valence-electron chi connectivity index (χ3n) is 5.63. The minimum atomic E-state index is -1.82. The fraction of sp³-hybridized carbons (Fsp3) is 0.462. The second-order valence-electron chi connectivity index (χ2n) is 9.37. The molecule has 0 spiro atoms. The summed E-state index contributed by atoms with van der Waals surface area (Å²) in [6.45, 7) is 13.4. The Labute approximate surface area is 199 Å². The Morgan fingerprint density at radius 3 is 2.30 bits per heavy atom. The second kappa shape index (κ2) is 13.3. The molecule has 182 valence electrons. The molecule has 0 fully saturated rings. The number of hydrogen-bond donors (Lipinski definition) is 1. The molecule has 33 heavy (non-hydrogen) atoms. The van der Waals surface area contributed by atoms with Crippen LogP contribution in [0.2, 0.25) is 18.1 Å². The highest BCUT2D eigenvalue weighted by atomic mass is 28.4. The van der Waals surface area contributed by atoms with Crippen LogP contribution in [0.25, 0.3) is 0 Å². The van der Waals surface area contributed by atoms with Gasteiger partial charge in [-0.25, -0.2) is 9.59 Å². The van der Waals surface area contributed by atoms with Crippen LogP contribution < -0.4 is 0 Å². The molecule has 0 amide bonds. The van der Waals surface area contributed by atoms with E-state index in [0.717, 1.165) is 5.57 Å². The number of esters is 2. The minimum Gasteiger partial charge on any atom is -0.466 e. The Morgan fingerprint density at radius 1 is 1.09 bits per heavy atom. The topological polar surface area (TPSA) is 82.1 Å². The number of aliphatic hydroxyl groups excluding tert-OH is 1. The number of hydrogen-bond acceptors (Lipinski definition) is 6. The lowest BCUT2D eigenvalue weighted by atomic mass is 10.1. The van der Waals surface area contributed by atoms with Gasteiger partial charge in [0.1, 0.15) is 6.10 Å². The van der Waals surface area contributed by atoms with Crippen LogP contribution in [-0.4, -0.2) is 51.3 Å². The number of methoxy groups -OCH3 is 1. The average molecular weight is 475 g/mol. The number of aliphatic hydroxyl groups is 1. The summed E-state index contributed by atoms with van der Waals surface area (Å²) in [6, 6.07) is 8.54. The third-order valence-corrected chi connectivity index (χ3v) is 10.1. The molecule has 0 saturated carbocycles. The van der Waals surface area contributed by atoms with Gasteiger partial charge in [0.2, 0.25) is 0 Å². The maximum atomic E-state index is 12.4. The van der Waals surface area contributed by atoms with Crippen molar-refractivity contribution in [3.05, 3.63) is 71.8 Å². The van der Waals surface area contributed by atoms with Crippen molar-refractivity contribution in [2.75, 3.05) is 13.7 Å². The Bertz CT molecular complexity index is 849. The van der Waals surface area contributed by atoms with E-state index < -0.39 is 32.5 Å². The van der Waals surface area contributed by atoms with Gasteiger partial charge >= 0.3 is 11.9 Å². The monoisotopic (exact) mass is 474 g/mol. The van der Waals surface area contributed by atoms with Gasteiger partial charge in [-0.1, -0.05) is 62.8 Å². The van der Waals surface area contributed by atoms with Crippen molar-refractivity contribution in [2.24, 2.45) is 0 Å². The SMILES string of the molecule is COC(=O)/C=C/[C@H](C[C@H](O)/C=C/C(C)=C/CO[Si](C)(C)C(C)(C)C)OC(=O)c1ccccc1. The molecule has 2 atom stereocenters. The van der Waals surface area contributed by atoms with Crippen molar-refractivity contribution >= 4 is 20.3 Å². The van der Waals surface area contributed by atoms with E-state index in [-0.39, 0.29) is 11.5 Å². The number of carbonyl (C=O) groups is 2. The molecule has 0 heterocycles. The molecule has 0 radical (unpaired) electrons. The van der Waals surface area contributed by atoms with Gasteiger partial charge in [0, 0.05) is 12.5 Å². The normalized spacial score (nSPS) is 15.0. The molecule has 0 aromatic heterocycles. The molecule has 0 unspecified atom stereocenters. The molecule has 1 rings (SSSR count). The van der Waals surface area contributed by atoms with Crippen LogP contribution in [-0.2, 0) is 18.7 Å². The van der Waals surface area contributed by atoms with Crippen LogP contribution in [0.3, 0.4) is 0 Å². The largest absolute Gasteiger partial charge is 0.466 e. The van der Waals surface area contributed by atoms with Crippen molar-refractivity contribution in [1.82, 2.24) is 0 Å². The van der Waals surface area contributed by atoms with Gasteiger partial charge in [-0.2, -0.15) is 0 Å². The van der Waals surface area contributed by atoms with Crippen LogP contribution in [0.15, 0.2) is 66.3 Å². The summed E-state index contributed by atoms with van der Waals surface area (Å²) in [4.78, 5) is 23.9. The van der Waals surface area contributed by atoms with Crippen LogP contribution in [0.1, 0.15) is 44.5 Å². The summed E-state index contributed by atoms with van der Waals surface area (Å²) in [5, 5.41) is 10.6. The van der Waals surface area contributed by atoms with E-state index >= 15 is 0 Å². The Hall–Kier alpha value is -2.48. The first-order valence-electron chi connectivity index (χ1n) is 11.0. The summed E-state index contributed by atoms with van der Waals surface area (Å²) < 4.78 is 16.2. The summed E-state index contributed by atoms with van der Waals surface area (Å²) in [6.07, 6.45) is 6.42. The maximum Gasteiger partial charge on any atom is 0.338 e. The van der Waals surface area contributed by atoms with Crippen molar-refractivity contribution in [1.29, 1.82) is 0 Å². The van der Waals surface area contributed by atoms with Crippen LogP contribution in [0.5, 0.6) is 0 Å². The van der Waals surface area contributed by atoms with Crippen molar-refractivity contribution < 1.29 is 28.6 Å². The summed E-state index contributed by atoms with van der Waals surface area (Å²) in [5.74, 6) is -1.11. The van der Waals surface area contributed by atoms with E-state index in [4.69, 9.17) is 9.16 Å². The number of rotatable bonds is 11. The quantitative estimate of drug-likeness (QED) is 0.205. The van der Waals surface area contributed by atoms with Crippen LogP contribution in [0, 0.1) is 0 Å². The highest BCUT2D eigenvalue weighted by molar-refractivity contribution is 6.74. The molecule has 0 bridgehead atoms. The summed E-state index contributed by atoms with van der Waals surface area (Å²) in [5.41, 5.74) is 1.34. The molecule has 1 aromatic rings. The number of ether oxygens (including phenoxy) is 2. The van der Waals surface area contributed by atoms with Crippen LogP contribution in [0.4, 0.5) is 0 Å². The molecule has 0 saturated heterocycles. The molecule has 6 nitrogen and oxygen atoms in total. The van der Waals surface area contributed by atoms with E-state index in [2.05, 4.69) is 38.6 Å². The standard InChI is InChI=1S/C26H38O6Si/c1-20(17-18-31-33(6,7)26(2,3)4)13-14-22(27)19-23(15-16-24(28)30-5)32-25(29)21-11-9-8-10-12-21/h8-17,22-23,27H,18-19H2,1-7H3/b14-13+,16-15+,20-17+/t22-,23-/m1/s1. The highest BCUT2D eigenvalue weighted by Crippen LogP contribution is 2.36. The van der Waals surface area contributed by atoms with Gasteiger partial charge < -0.3 is 19.0 Å². The lowest BCUT2D eigenvalue weighted by Gasteiger charge is -2.35. The first-order chi connectivity index (χ1) is 15.4. The van der Waals surface area contributed by atoms with E-state index in [1.54, 1.807) is 42.5 Å². The Balaban J connectivity index is 2.76. The van der Waals surface area contributed by atoms with Gasteiger partial charge in [-0.05, 0) is 43.3 Å². The number of allylic oxidation sites excluding steroid dienone is 2. The lowest BCUT2D eigenvalue weighted by Crippen LogP contribution is -2.40. The molecule has 0 aliphatic heterocycles. The smallest absolute Gasteiger partial charge is 0.338 e. The molecular formula is C26H38O6Si. The van der Waals surface area contributed by atoms with Gasteiger partial charge in [0.15, 0.2) is 8.32 Å². The molecule has 0 aliphatic rings. The zero-order chi connectivity index (χ0) is 25.1. The lowest BCUT2D eigenvalue weighted by molar-refractivity contribution is -0.134. The maximum absolute atomic E-state index is 12.4. The third kappa shape index (κ3) is 10.8. The van der Waals surface area contributed by atoms with Gasteiger partial charge in [0.05, 0.1) is 25.4 Å². The molecule has 0 aliphatic carbocycles. The van der Waals surface area contributed by atoms with Crippen LogP contribution >= 0.6 is 0 Å². The highest BCUT2D eigenvalue weighted by Gasteiger charge is 2.36. The predicted octanol–water partition coefficient (Wildman–Crippen LogP) is 5.22. The zero-order valence-electron chi connectivity index (χ0n) is 20.8. The van der Waals surface area contributed by atoms with E-state index in [1.807, 2.05) is 13.0 Å². The molecular weight excluding hydrogens is 436 g/mol. The second-order valence-corrected chi connectivity index (χ2v) is 14.2. The first kappa shape index (κ1) is 28.5. The molecule has 1 aromatic carbocycles. The summed E-state index contributed by atoms with van der Waals surface area (Å²) in [7, 11) is -0.553. The number of carbonyl (C=O) groups excluding carboxylic acids is 2. The van der Waals surface area contributed by atoms with Gasteiger partial charge in [-0.15, -0.1) is 0 Å². The van der Waals surface area contributed by atoms with Gasteiger partial charge in [-0.3, -0.25) is 0 Å². The van der Waals surface area contributed by atoms with E-state index in [9.17, 15) is 14.7 Å². The molecule has 7 heteroatoms. The average Bonchev–Trinajstić information content (AvgIpc) is 2.75. The van der Waals surface area contributed by atoms with E-state index in [1.165, 1.54) is 19.3 Å². The first-order valence-corrected chi connectivity index (χ1v) is 14.0.